The molecule has 1 heterocycles. The number of carbonyl (C=O) groups is 3. The van der Waals surface area contributed by atoms with Crippen molar-refractivity contribution in [3.05, 3.63) is 62.1 Å². The lowest BCUT2D eigenvalue weighted by Crippen LogP contribution is -2.54. The molecule has 30 heavy (non-hydrogen) atoms. The molecule has 0 radical (unpaired) electrons. The van der Waals surface area contributed by atoms with Crippen LogP contribution in [-0.4, -0.2) is 24.5 Å². The maximum Gasteiger partial charge on any atom is 0.335 e. The third-order valence-corrected chi connectivity index (χ3v) is 5.07. The molecule has 1 fully saturated rings. The molecular formula is C22H16BrClN2O4. The molecule has 2 aromatic carbocycles. The number of barbiturate groups is 1. The Bertz CT molecular complexity index is 1110. The lowest BCUT2D eigenvalue weighted by atomic mass is 10.1. The fraction of sp³-hybridized carbons (Fsp3) is 0.136. The molecule has 2 aromatic rings. The maximum atomic E-state index is 13.0. The van der Waals surface area contributed by atoms with Crippen LogP contribution in [-0.2, 0) is 9.59 Å². The summed E-state index contributed by atoms with van der Waals surface area (Å²) in [6, 6.07) is 7.67. The van der Waals surface area contributed by atoms with Crippen LogP contribution in [0.4, 0.5) is 10.5 Å². The second-order valence-corrected chi connectivity index (χ2v) is 7.87. The number of terminal acetylenes is 1. The van der Waals surface area contributed by atoms with Crippen LogP contribution < -0.4 is 15.0 Å². The first-order valence-corrected chi connectivity index (χ1v) is 9.93. The minimum atomic E-state index is -0.801. The number of nitrogens with zero attached hydrogens (tertiary/aromatic N) is 1. The van der Waals surface area contributed by atoms with Crippen molar-refractivity contribution in [3.8, 4) is 18.1 Å². The molecule has 4 amide bonds. The Morgan fingerprint density at radius 3 is 2.43 bits per heavy atom. The predicted octanol–water partition coefficient (Wildman–Crippen LogP) is 4.40. The Hall–Kier alpha value is -3.08. The van der Waals surface area contributed by atoms with Crippen LogP contribution in [0.5, 0.6) is 5.75 Å². The summed E-state index contributed by atoms with van der Waals surface area (Å²) in [7, 11) is 0. The Labute approximate surface area is 187 Å². The Morgan fingerprint density at radius 2 is 1.83 bits per heavy atom. The second kappa shape index (κ2) is 8.74. The van der Waals surface area contributed by atoms with Gasteiger partial charge in [-0.15, -0.1) is 6.42 Å². The average Bonchev–Trinajstić information content (AvgIpc) is 2.63. The molecule has 1 N–H and O–H groups in total. The summed E-state index contributed by atoms with van der Waals surface area (Å²) >= 11 is 9.58. The van der Waals surface area contributed by atoms with E-state index < -0.39 is 17.8 Å². The van der Waals surface area contributed by atoms with Gasteiger partial charge in [-0.1, -0.05) is 23.6 Å². The topological polar surface area (TPSA) is 75.7 Å². The van der Waals surface area contributed by atoms with E-state index in [0.29, 0.717) is 21.5 Å². The van der Waals surface area contributed by atoms with Gasteiger partial charge in [-0.05, 0) is 76.8 Å². The van der Waals surface area contributed by atoms with Crippen LogP contribution in [0, 0.1) is 26.2 Å². The number of aryl methyl sites for hydroxylation is 2. The molecule has 3 rings (SSSR count). The minimum Gasteiger partial charge on any atom is -0.478 e. The first-order chi connectivity index (χ1) is 14.2. The van der Waals surface area contributed by atoms with E-state index in [-0.39, 0.29) is 17.2 Å². The number of imide groups is 2. The van der Waals surface area contributed by atoms with E-state index >= 15 is 0 Å². The fourth-order valence-corrected chi connectivity index (χ4v) is 4.04. The van der Waals surface area contributed by atoms with Crippen molar-refractivity contribution < 1.29 is 19.1 Å². The number of hydrogen-bond acceptors (Lipinski definition) is 4. The number of halogens is 2. The second-order valence-electron chi connectivity index (χ2n) is 6.61. The molecule has 1 saturated heterocycles. The summed E-state index contributed by atoms with van der Waals surface area (Å²) in [6.07, 6.45) is 6.56. The van der Waals surface area contributed by atoms with Gasteiger partial charge in [-0.25, -0.2) is 9.69 Å². The highest BCUT2D eigenvalue weighted by atomic mass is 79.9. The summed E-state index contributed by atoms with van der Waals surface area (Å²) in [5, 5.41) is 2.45. The zero-order valence-electron chi connectivity index (χ0n) is 16.1. The van der Waals surface area contributed by atoms with E-state index in [9.17, 15) is 14.4 Å². The molecule has 0 saturated carbocycles. The van der Waals surface area contributed by atoms with Crippen LogP contribution in [0.2, 0.25) is 5.02 Å². The van der Waals surface area contributed by atoms with Gasteiger partial charge in [-0.2, -0.15) is 0 Å². The molecular weight excluding hydrogens is 472 g/mol. The zero-order valence-corrected chi connectivity index (χ0v) is 18.4. The SMILES string of the molecule is C#CCOc1c(Cl)cc(/C=C2\C(=O)NC(=O)N(c3cc(C)cc(C)c3)C2=O)cc1Br. The summed E-state index contributed by atoms with van der Waals surface area (Å²) < 4.78 is 5.88. The maximum absolute atomic E-state index is 13.0. The highest BCUT2D eigenvalue weighted by Gasteiger charge is 2.37. The molecule has 152 valence electrons. The van der Waals surface area contributed by atoms with Crippen molar-refractivity contribution in [2.24, 2.45) is 0 Å². The molecule has 1 aliphatic heterocycles. The van der Waals surface area contributed by atoms with Crippen molar-refractivity contribution in [2.75, 3.05) is 11.5 Å². The van der Waals surface area contributed by atoms with Gasteiger partial charge in [0.1, 0.15) is 12.2 Å². The van der Waals surface area contributed by atoms with Gasteiger partial charge in [0.25, 0.3) is 11.8 Å². The van der Waals surface area contributed by atoms with E-state index in [0.717, 1.165) is 16.0 Å². The number of rotatable bonds is 4. The van der Waals surface area contributed by atoms with Crippen LogP contribution in [0.1, 0.15) is 16.7 Å². The van der Waals surface area contributed by atoms with Gasteiger partial charge >= 0.3 is 6.03 Å². The predicted molar refractivity (Wildman–Crippen MR) is 118 cm³/mol. The van der Waals surface area contributed by atoms with E-state index in [1.165, 1.54) is 12.1 Å². The fourth-order valence-electron chi connectivity index (χ4n) is 3.05. The summed E-state index contributed by atoms with van der Waals surface area (Å²) in [4.78, 5) is 38.7. The van der Waals surface area contributed by atoms with Crippen LogP contribution in [0.3, 0.4) is 0 Å². The van der Waals surface area contributed by atoms with E-state index in [4.69, 9.17) is 22.8 Å². The summed E-state index contributed by atoms with van der Waals surface area (Å²) in [5.74, 6) is 1.18. The van der Waals surface area contributed by atoms with E-state index in [1.807, 2.05) is 19.9 Å². The number of ether oxygens (including phenoxy) is 1. The number of hydrogen-bond donors (Lipinski definition) is 1. The Morgan fingerprint density at radius 1 is 1.17 bits per heavy atom. The molecule has 6 nitrogen and oxygen atoms in total. The lowest BCUT2D eigenvalue weighted by Gasteiger charge is -2.27. The van der Waals surface area contributed by atoms with E-state index in [2.05, 4.69) is 27.2 Å². The number of nitrogens with one attached hydrogen (secondary N) is 1. The van der Waals surface area contributed by atoms with Crippen LogP contribution >= 0.6 is 27.5 Å². The number of amides is 4. The molecule has 1 aliphatic rings. The van der Waals surface area contributed by atoms with Gasteiger partial charge in [0.05, 0.1) is 15.2 Å². The zero-order chi connectivity index (χ0) is 22.0. The van der Waals surface area contributed by atoms with Crippen molar-refractivity contribution >= 4 is 57.1 Å². The van der Waals surface area contributed by atoms with Crippen LogP contribution in [0.25, 0.3) is 6.08 Å². The van der Waals surface area contributed by atoms with Crippen LogP contribution in [0.15, 0.2) is 40.4 Å². The number of carbonyl (C=O) groups excluding carboxylic acids is 3. The molecule has 0 aliphatic carbocycles. The minimum absolute atomic E-state index is 0.0344. The molecule has 8 heteroatoms. The number of benzene rings is 2. The number of anilines is 1. The molecule has 0 spiro atoms. The highest BCUT2D eigenvalue weighted by Crippen LogP contribution is 2.35. The van der Waals surface area contributed by atoms with Gasteiger partial charge in [-0.3, -0.25) is 14.9 Å². The van der Waals surface area contributed by atoms with Crippen molar-refractivity contribution in [1.29, 1.82) is 0 Å². The third kappa shape index (κ3) is 4.40. The summed E-state index contributed by atoms with van der Waals surface area (Å²) in [6.45, 7) is 3.74. The van der Waals surface area contributed by atoms with Crippen molar-refractivity contribution in [1.82, 2.24) is 5.32 Å². The largest absolute Gasteiger partial charge is 0.478 e. The first-order valence-electron chi connectivity index (χ1n) is 8.76. The first kappa shape index (κ1) is 21.6. The van der Waals surface area contributed by atoms with Gasteiger partial charge in [0.15, 0.2) is 5.75 Å². The van der Waals surface area contributed by atoms with Gasteiger partial charge in [0.2, 0.25) is 0 Å². The normalized spacial score (nSPS) is 15.2. The quantitative estimate of drug-likeness (QED) is 0.394. The Balaban J connectivity index is 2.02. The monoisotopic (exact) mass is 486 g/mol. The average molecular weight is 488 g/mol. The highest BCUT2D eigenvalue weighted by molar-refractivity contribution is 9.10. The molecule has 0 atom stereocenters. The molecule has 0 bridgehead atoms. The third-order valence-electron chi connectivity index (χ3n) is 4.20. The molecule has 0 aromatic heterocycles. The number of urea groups is 1. The van der Waals surface area contributed by atoms with E-state index in [1.54, 1.807) is 18.2 Å². The summed E-state index contributed by atoms with van der Waals surface area (Å²) in [5.41, 5.74) is 2.41. The van der Waals surface area contributed by atoms with Gasteiger partial charge in [0, 0.05) is 0 Å². The lowest BCUT2D eigenvalue weighted by molar-refractivity contribution is -0.122. The molecule has 0 unspecified atom stereocenters. The Kier molecular flexibility index (Phi) is 6.30. The van der Waals surface area contributed by atoms with Gasteiger partial charge < -0.3 is 4.74 Å². The van der Waals surface area contributed by atoms with Crippen molar-refractivity contribution in [3.63, 3.8) is 0 Å². The standard InChI is InChI=1S/C22H16BrClN2O4/c1-4-5-30-19-17(23)10-14(11-18(19)24)9-16-20(27)25-22(29)26(21(16)28)15-7-12(2)6-13(3)8-15/h1,6-11H,5H2,2-3H3,(H,25,27,29)/b16-9+. The smallest absolute Gasteiger partial charge is 0.335 e. The van der Waals surface area contributed by atoms with Crippen molar-refractivity contribution in [2.45, 2.75) is 13.8 Å².